The monoisotopic (exact) mass is 344 g/mol. The first kappa shape index (κ1) is 19.2. The summed E-state index contributed by atoms with van der Waals surface area (Å²) in [5.41, 5.74) is 0.625. The maximum Gasteiger partial charge on any atom is 0.256 e. The third-order valence-electron chi connectivity index (χ3n) is 4.22. The predicted octanol–water partition coefficient (Wildman–Crippen LogP) is 4.56. The molecule has 0 aliphatic rings. The van der Waals surface area contributed by atoms with Crippen molar-refractivity contribution >= 4 is 22.5 Å². The number of nitrogens with one attached hydrogen (secondary N) is 1. The molecule has 25 heavy (non-hydrogen) atoms. The van der Waals surface area contributed by atoms with Crippen LogP contribution in [-0.4, -0.2) is 29.7 Å². The molecule has 1 aromatic carbocycles. The second-order valence-electron chi connectivity index (χ2n) is 6.25. The van der Waals surface area contributed by atoms with Gasteiger partial charge in [-0.05, 0) is 50.5 Å². The summed E-state index contributed by atoms with van der Waals surface area (Å²) in [6.07, 6.45) is 4.13. The summed E-state index contributed by atoms with van der Waals surface area (Å²) in [7, 11) is 0. The Labute approximate surface area is 149 Å². The first-order valence-corrected chi connectivity index (χ1v) is 9.01. The van der Waals surface area contributed by atoms with Crippen molar-refractivity contribution in [3.8, 4) is 5.75 Å². The van der Waals surface area contributed by atoms with Crippen LogP contribution in [0.3, 0.4) is 0 Å². The summed E-state index contributed by atoms with van der Waals surface area (Å²) < 4.78 is 11.6. The minimum absolute atomic E-state index is 0.143. The maximum absolute atomic E-state index is 12.8. The van der Waals surface area contributed by atoms with Crippen LogP contribution in [-0.2, 0) is 9.53 Å². The molecule has 0 unspecified atom stereocenters. The van der Waals surface area contributed by atoms with Crippen molar-refractivity contribution in [3.05, 3.63) is 30.5 Å². The van der Waals surface area contributed by atoms with Crippen LogP contribution in [0.2, 0.25) is 0 Å². The van der Waals surface area contributed by atoms with E-state index in [0.717, 1.165) is 35.2 Å². The zero-order valence-corrected chi connectivity index (χ0v) is 15.6. The number of pyridine rings is 1. The van der Waals surface area contributed by atoms with E-state index in [1.54, 1.807) is 6.20 Å². The second kappa shape index (κ2) is 8.81. The van der Waals surface area contributed by atoms with Gasteiger partial charge >= 0.3 is 0 Å². The van der Waals surface area contributed by atoms with Gasteiger partial charge in [-0.2, -0.15) is 0 Å². The molecule has 0 aliphatic heterocycles. The van der Waals surface area contributed by atoms with E-state index in [4.69, 9.17) is 9.47 Å². The molecule has 1 aromatic heterocycles. The Morgan fingerprint density at radius 3 is 2.60 bits per heavy atom. The molecule has 2 rings (SSSR count). The van der Waals surface area contributed by atoms with Gasteiger partial charge in [0, 0.05) is 18.2 Å². The number of carbonyl (C=O) groups is 1. The number of benzene rings is 1. The van der Waals surface area contributed by atoms with Crippen molar-refractivity contribution in [2.75, 3.05) is 18.5 Å². The highest BCUT2D eigenvalue weighted by molar-refractivity contribution is 6.05. The van der Waals surface area contributed by atoms with Crippen molar-refractivity contribution in [2.24, 2.45) is 0 Å². The van der Waals surface area contributed by atoms with Gasteiger partial charge in [0.25, 0.3) is 5.91 Å². The smallest absolute Gasteiger partial charge is 0.256 e. The van der Waals surface area contributed by atoms with Gasteiger partial charge in [0.2, 0.25) is 0 Å². The lowest BCUT2D eigenvalue weighted by Crippen LogP contribution is -2.42. The number of aromatic nitrogens is 1. The number of carbonyl (C=O) groups excluding carboxylic acids is 1. The van der Waals surface area contributed by atoms with Crippen molar-refractivity contribution in [2.45, 2.75) is 52.6 Å². The molecule has 5 nitrogen and oxygen atoms in total. The van der Waals surface area contributed by atoms with Gasteiger partial charge in [-0.1, -0.05) is 20.8 Å². The number of hydrogen-bond acceptors (Lipinski definition) is 4. The van der Waals surface area contributed by atoms with Gasteiger partial charge in [-0.25, -0.2) is 0 Å². The normalized spacial score (nSPS) is 13.4. The van der Waals surface area contributed by atoms with Crippen LogP contribution < -0.4 is 10.1 Å². The summed E-state index contributed by atoms with van der Waals surface area (Å²) in [6.45, 7) is 9.07. The maximum atomic E-state index is 12.8. The molecule has 136 valence electrons. The topological polar surface area (TPSA) is 60.5 Å². The van der Waals surface area contributed by atoms with Gasteiger partial charge in [0.1, 0.15) is 16.9 Å². The highest BCUT2D eigenvalue weighted by atomic mass is 16.5. The Morgan fingerprint density at radius 1 is 1.16 bits per heavy atom. The fourth-order valence-electron chi connectivity index (χ4n) is 2.49. The van der Waals surface area contributed by atoms with E-state index in [2.05, 4.69) is 17.2 Å². The van der Waals surface area contributed by atoms with Crippen molar-refractivity contribution < 1.29 is 14.3 Å². The number of fused-ring (bicyclic) bond motifs is 1. The molecule has 1 amide bonds. The average molecular weight is 344 g/mol. The van der Waals surface area contributed by atoms with Crippen LogP contribution in [0.15, 0.2) is 30.5 Å². The molecule has 1 heterocycles. The largest absolute Gasteiger partial charge is 0.491 e. The van der Waals surface area contributed by atoms with Crippen molar-refractivity contribution in [1.29, 1.82) is 0 Å². The standard InChI is InChI=1S/C20H28N2O3/c1-5-13-24-17-11-10-16(15-9-8-12-21-18(15)17)22-19(23)20(4,7-3)25-14-6-2/h8-12H,5-7,13-14H2,1-4H3,(H,22,23)/t20-/m1/s1. The van der Waals surface area contributed by atoms with E-state index < -0.39 is 5.60 Å². The predicted molar refractivity (Wildman–Crippen MR) is 101 cm³/mol. The number of ether oxygens (including phenoxy) is 2. The highest BCUT2D eigenvalue weighted by Crippen LogP contribution is 2.31. The molecular formula is C20H28N2O3. The summed E-state index contributed by atoms with van der Waals surface area (Å²) >= 11 is 0. The Balaban J connectivity index is 2.30. The third kappa shape index (κ3) is 4.48. The van der Waals surface area contributed by atoms with Gasteiger partial charge in [-0.3, -0.25) is 9.78 Å². The Kier molecular flexibility index (Phi) is 6.76. The van der Waals surface area contributed by atoms with E-state index in [1.165, 1.54) is 0 Å². The molecule has 2 aromatic rings. The minimum atomic E-state index is -0.845. The summed E-state index contributed by atoms with van der Waals surface area (Å²) in [5, 5.41) is 3.87. The van der Waals surface area contributed by atoms with E-state index in [-0.39, 0.29) is 5.91 Å². The lowest BCUT2D eigenvalue weighted by molar-refractivity contribution is -0.139. The van der Waals surface area contributed by atoms with E-state index in [0.29, 0.717) is 19.6 Å². The second-order valence-corrected chi connectivity index (χ2v) is 6.25. The average Bonchev–Trinajstić information content (AvgIpc) is 2.65. The SMILES string of the molecule is CCCOc1ccc(NC(=O)[C@@](C)(CC)OCCC)c2cccnc12. The quantitative estimate of drug-likeness (QED) is 0.724. The molecule has 0 radical (unpaired) electrons. The molecule has 0 aliphatic carbocycles. The first-order chi connectivity index (χ1) is 12.1. The molecule has 0 bridgehead atoms. The highest BCUT2D eigenvalue weighted by Gasteiger charge is 2.32. The zero-order chi connectivity index (χ0) is 18.3. The molecule has 1 atom stereocenters. The minimum Gasteiger partial charge on any atom is -0.491 e. The Morgan fingerprint density at radius 2 is 1.92 bits per heavy atom. The van der Waals surface area contributed by atoms with E-state index in [1.807, 2.05) is 45.0 Å². The van der Waals surface area contributed by atoms with E-state index >= 15 is 0 Å². The fraction of sp³-hybridized carbons (Fsp3) is 0.500. The van der Waals surface area contributed by atoms with Gasteiger partial charge < -0.3 is 14.8 Å². The van der Waals surface area contributed by atoms with Crippen LogP contribution in [0.4, 0.5) is 5.69 Å². The first-order valence-electron chi connectivity index (χ1n) is 9.01. The van der Waals surface area contributed by atoms with Crippen LogP contribution in [0, 0.1) is 0 Å². The molecular weight excluding hydrogens is 316 g/mol. The van der Waals surface area contributed by atoms with Crippen LogP contribution in [0.25, 0.3) is 10.9 Å². The van der Waals surface area contributed by atoms with Gasteiger partial charge in [0.15, 0.2) is 0 Å². The van der Waals surface area contributed by atoms with Gasteiger partial charge in [0.05, 0.1) is 12.3 Å². The fourth-order valence-corrected chi connectivity index (χ4v) is 2.49. The van der Waals surface area contributed by atoms with E-state index in [9.17, 15) is 4.79 Å². The number of amides is 1. The molecule has 1 N–H and O–H groups in total. The molecule has 0 saturated carbocycles. The summed E-state index contributed by atoms with van der Waals surface area (Å²) in [6, 6.07) is 7.51. The Bertz CT molecular complexity index is 717. The van der Waals surface area contributed by atoms with Crippen LogP contribution in [0.1, 0.15) is 47.0 Å². The Hall–Kier alpha value is -2.14. The number of hydrogen-bond donors (Lipinski definition) is 1. The molecule has 0 saturated heterocycles. The van der Waals surface area contributed by atoms with Crippen molar-refractivity contribution in [1.82, 2.24) is 4.98 Å². The number of anilines is 1. The van der Waals surface area contributed by atoms with Crippen molar-refractivity contribution in [3.63, 3.8) is 0 Å². The lowest BCUT2D eigenvalue weighted by Gasteiger charge is -2.27. The molecule has 5 heteroatoms. The number of rotatable bonds is 9. The number of nitrogens with zero attached hydrogens (tertiary/aromatic N) is 1. The molecule has 0 fully saturated rings. The summed E-state index contributed by atoms with van der Waals surface area (Å²) in [4.78, 5) is 17.2. The van der Waals surface area contributed by atoms with Crippen LogP contribution >= 0.6 is 0 Å². The zero-order valence-electron chi connectivity index (χ0n) is 15.6. The lowest BCUT2D eigenvalue weighted by atomic mass is 10.0. The van der Waals surface area contributed by atoms with Crippen LogP contribution in [0.5, 0.6) is 5.75 Å². The summed E-state index contributed by atoms with van der Waals surface area (Å²) in [5.74, 6) is 0.590. The molecule has 0 spiro atoms. The van der Waals surface area contributed by atoms with Gasteiger partial charge in [-0.15, -0.1) is 0 Å². The third-order valence-corrected chi connectivity index (χ3v) is 4.22.